The van der Waals surface area contributed by atoms with Gasteiger partial charge < -0.3 is 9.88 Å². The van der Waals surface area contributed by atoms with E-state index in [1.54, 1.807) is 18.2 Å². The molecular weight excluding hydrogens is 460 g/mol. The number of benzene rings is 2. The highest BCUT2D eigenvalue weighted by molar-refractivity contribution is 7.92. The van der Waals surface area contributed by atoms with Crippen molar-refractivity contribution >= 4 is 44.3 Å². The molecule has 1 saturated heterocycles. The molecule has 1 aromatic heterocycles. The van der Waals surface area contributed by atoms with Crippen LogP contribution < -0.4 is 9.62 Å². The van der Waals surface area contributed by atoms with Crippen LogP contribution in [0.25, 0.3) is 11.0 Å². The first kappa shape index (κ1) is 23.6. The summed E-state index contributed by atoms with van der Waals surface area (Å²) in [5, 5.41) is 3.43. The van der Waals surface area contributed by atoms with Crippen LogP contribution in [0.5, 0.6) is 0 Å². The summed E-state index contributed by atoms with van der Waals surface area (Å²) in [4.78, 5) is 18.1. The van der Waals surface area contributed by atoms with Gasteiger partial charge in [0.15, 0.2) is 0 Å². The van der Waals surface area contributed by atoms with Crippen molar-refractivity contribution in [1.82, 2.24) is 14.9 Å². The van der Waals surface area contributed by atoms with Crippen LogP contribution in [-0.2, 0) is 17.1 Å². The number of anilines is 1. The lowest BCUT2D eigenvalue weighted by molar-refractivity contribution is 0.0929. The van der Waals surface area contributed by atoms with E-state index >= 15 is 0 Å². The minimum Gasteiger partial charge on any atom is -0.342 e. The molecule has 33 heavy (non-hydrogen) atoms. The Morgan fingerprint density at radius 1 is 1.18 bits per heavy atom. The van der Waals surface area contributed by atoms with E-state index in [1.165, 1.54) is 4.31 Å². The van der Waals surface area contributed by atoms with Crippen molar-refractivity contribution in [2.75, 3.05) is 16.6 Å². The third-order valence-electron chi connectivity index (χ3n) is 5.97. The van der Waals surface area contributed by atoms with Crippen LogP contribution >= 0.6 is 11.6 Å². The van der Waals surface area contributed by atoms with E-state index in [9.17, 15) is 13.2 Å². The molecule has 176 valence electrons. The molecule has 1 atom stereocenters. The predicted molar refractivity (Wildman–Crippen MR) is 132 cm³/mol. The van der Waals surface area contributed by atoms with Gasteiger partial charge in [0, 0.05) is 19.2 Å². The molecule has 1 aliphatic heterocycles. The maximum Gasteiger partial charge on any atom is 0.251 e. The predicted octanol–water partition coefficient (Wildman–Crippen LogP) is 4.67. The highest BCUT2D eigenvalue weighted by Gasteiger charge is 2.29. The minimum absolute atomic E-state index is 0.0862. The molecule has 1 N–H and O–H groups in total. The fraction of sp³-hybridized carbons (Fsp3) is 0.417. The third kappa shape index (κ3) is 4.87. The second kappa shape index (κ2) is 9.35. The number of rotatable bonds is 6. The Hall–Kier alpha value is -2.58. The fourth-order valence-corrected chi connectivity index (χ4v) is 6.24. The van der Waals surface area contributed by atoms with Gasteiger partial charge in [0.25, 0.3) is 5.91 Å². The zero-order chi connectivity index (χ0) is 23.8. The molecule has 1 amide bonds. The molecule has 0 bridgehead atoms. The molecule has 3 aromatic rings. The Labute approximate surface area is 199 Å². The first-order valence-electron chi connectivity index (χ1n) is 11.2. The highest BCUT2D eigenvalue weighted by Crippen LogP contribution is 2.32. The number of carbonyl (C=O) groups is 1. The topological polar surface area (TPSA) is 84.3 Å². The maximum atomic E-state index is 13.3. The van der Waals surface area contributed by atoms with Gasteiger partial charge in [0.05, 0.1) is 33.5 Å². The summed E-state index contributed by atoms with van der Waals surface area (Å²) in [6.07, 6.45) is 2.10. The van der Waals surface area contributed by atoms with Gasteiger partial charge in [-0.1, -0.05) is 37.6 Å². The molecule has 1 aliphatic rings. The van der Waals surface area contributed by atoms with E-state index in [-0.39, 0.29) is 17.7 Å². The van der Waals surface area contributed by atoms with Crippen molar-refractivity contribution in [2.24, 2.45) is 13.0 Å². The molecule has 2 heterocycles. The van der Waals surface area contributed by atoms with Crippen LogP contribution in [0.3, 0.4) is 0 Å². The first-order valence-corrected chi connectivity index (χ1v) is 13.2. The van der Waals surface area contributed by atoms with Crippen molar-refractivity contribution < 1.29 is 13.2 Å². The summed E-state index contributed by atoms with van der Waals surface area (Å²) in [5.41, 5.74) is 2.59. The van der Waals surface area contributed by atoms with Crippen molar-refractivity contribution in [2.45, 2.75) is 39.2 Å². The number of aryl methyl sites for hydroxylation is 1. The average Bonchev–Trinajstić information content (AvgIpc) is 3.10. The Kier molecular flexibility index (Phi) is 6.68. The normalized spacial score (nSPS) is 16.8. The highest BCUT2D eigenvalue weighted by atomic mass is 35.5. The Balaban J connectivity index is 1.65. The first-order chi connectivity index (χ1) is 15.7. The quantitative estimate of drug-likeness (QED) is 0.546. The van der Waals surface area contributed by atoms with Crippen LogP contribution in [0.1, 0.15) is 55.3 Å². The molecule has 0 saturated carbocycles. The number of fused-ring (bicyclic) bond motifs is 1. The van der Waals surface area contributed by atoms with E-state index < -0.39 is 10.0 Å². The Morgan fingerprint density at radius 2 is 1.94 bits per heavy atom. The molecule has 9 heteroatoms. The van der Waals surface area contributed by atoms with Crippen molar-refractivity contribution in [1.29, 1.82) is 0 Å². The number of halogens is 1. The van der Waals surface area contributed by atoms with E-state index in [0.717, 1.165) is 23.3 Å². The molecule has 0 aliphatic carbocycles. The summed E-state index contributed by atoms with van der Waals surface area (Å²) < 4.78 is 28.5. The molecule has 2 aromatic carbocycles. The average molecular weight is 489 g/mol. The number of sulfonamides is 1. The largest absolute Gasteiger partial charge is 0.342 e. The summed E-state index contributed by atoms with van der Waals surface area (Å²) in [6.45, 7) is 4.57. The Bertz CT molecular complexity index is 1290. The summed E-state index contributed by atoms with van der Waals surface area (Å²) in [5.74, 6) is 0.906. The molecule has 4 rings (SSSR count). The van der Waals surface area contributed by atoms with Gasteiger partial charge in [-0.05, 0) is 55.5 Å². The molecule has 1 unspecified atom stereocenters. The van der Waals surface area contributed by atoms with Crippen LogP contribution in [-0.4, -0.2) is 36.2 Å². The monoisotopic (exact) mass is 488 g/mol. The molecule has 0 spiro atoms. The van der Waals surface area contributed by atoms with Gasteiger partial charge in [-0.15, -0.1) is 0 Å². The van der Waals surface area contributed by atoms with Gasteiger partial charge in [-0.25, -0.2) is 13.4 Å². The number of nitrogens with zero attached hydrogens (tertiary/aromatic N) is 3. The van der Waals surface area contributed by atoms with Crippen LogP contribution in [0.4, 0.5) is 5.69 Å². The number of para-hydroxylation sites is 2. The van der Waals surface area contributed by atoms with Crippen molar-refractivity contribution in [3.05, 3.63) is 58.9 Å². The zero-order valence-electron chi connectivity index (χ0n) is 19.1. The summed E-state index contributed by atoms with van der Waals surface area (Å²) >= 11 is 6.35. The van der Waals surface area contributed by atoms with Gasteiger partial charge in [0.2, 0.25) is 10.0 Å². The fourth-order valence-electron chi connectivity index (χ4n) is 4.32. The molecule has 0 radical (unpaired) electrons. The number of amides is 1. The van der Waals surface area contributed by atoms with Gasteiger partial charge >= 0.3 is 0 Å². The number of hydrogen-bond acceptors (Lipinski definition) is 4. The number of nitrogens with one attached hydrogen (secondary N) is 1. The van der Waals surface area contributed by atoms with Crippen LogP contribution in [0.15, 0.2) is 42.5 Å². The van der Waals surface area contributed by atoms with E-state index in [2.05, 4.69) is 19.2 Å². The smallest absolute Gasteiger partial charge is 0.251 e. The van der Waals surface area contributed by atoms with E-state index in [4.69, 9.17) is 16.6 Å². The number of aromatic nitrogens is 2. The van der Waals surface area contributed by atoms with E-state index in [1.807, 2.05) is 35.9 Å². The SMILES string of the molecule is CC(C)CC(NC(=O)c1ccc(Cl)c(N2CCCCS2(=O)=O)c1)c1nc2ccccc2n1C. The van der Waals surface area contributed by atoms with Gasteiger partial charge in [-0.3, -0.25) is 9.10 Å². The number of imidazole rings is 1. The lowest BCUT2D eigenvalue weighted by Crippen LogP contribution is -2.38. The lowest BCUT2D eigenvalue weighted by Gasteiger charge is -2.29. The van der Waals surface area contributed by atoms with Crippen molar-refractivity contribution in [3.8, 4) is 0 Å². The molecule has 1 fully saturated rings. The summed E-state index contributed by atoms with van der Waals surface area (Å²) in [7, 11) is -1.49. The minimum atomic E-state index is -3.44. The number of carbonyl (C=O) groups excluding carboxylic acids is 1. The van der Waals surface area contributed by atoms with Gasteiger partial charge in [-0.2, -0.15) is 0 Å². The second-order valence-electron chi connectivity index (χ2n) is 8.93. The summed E-state index contributed by atoms with van der Waals surface area (Å²) in [6, 6.07) is 12.4. The lowest BCUT2D eigenvalue weighted by atomic mass is 10.0. The third-order valence-corrected chi connectivity index (χ3v) is 8.15. The van der Waals surface area contributed by atoms with Crippen molar-refractivity contribution in [3.63, 3.8) is 0 Å². The van der Waals surface area contributed by atoms with Crippen LogP contribution in [0, 0.1) is 5.92 Å². The van der Waals surface area contributed by atoms with Gasteiger partial charge in [0.1, 0.15) is 5.82 Å². The Morgan fingerprint density at radius 3 is 2.64 bits per heavy atom. The standard InChI is InChI=1S/C24H29ClN4O3S/c1-16(2)14-20(23-26-19-8-4-5-9-21(19)28(23)3)27-24(30)17-10-11-18(25)22(15-17)29-12-6-7-13-33(29,31)32/h4-5,8-11,15-16,20H,6-7,12-14H2,1-3H3,(H,27,30). The number of hydrogen-bond donors (Lipinski definition) is 1. The van der Waals surface area contributed by atoms with Crippen LogP contribution in [0.2, 0.25) is 5.02 Å². The molecular formula is C24H29ClN4O3S. The zero-order valence-corrected chi connectivity index (χ0v) is 20.7. The molecule has 7 nitrogen and oxygen atoms in total. The second-order valence-corrected chi connectivity index (χ2v) is 11.4. The maximum absolute atomic E-state index is 13.3. The van der Waals surface area contributed by atoms with E-state index in [0.29, 0.717) is 41.6 Å².